The number of hydrogen-bond donors (Lipinski definition) is 2. The summed E-state index contributed by atoms with van der Waals surface area (Å²) < 4.78 is 5.57. The molecule has 1 atom stereocenters. The summed E-state index contributed by atoms with van der Waals surface area (Å²) in [7, 11) is 1.41. The maximum Gasteiger partial charge on any atom is 0.296 e. The molecule has 0 spiro atoms. The number of amides is 1. The quantitative estimate of drug-likeness (QED) is 0.420. The van der Waals surface area contributed by atoms with Gasteiger partial charge in [0.25, 0.3) is 11.5 Å². The van der Waals surface area contributed by atoms with Crippen molar-refractivity contribution in [1.29, 1.82) is 5.26 Å². The molecule has 0 saturated heterocycles. The molecule has 178 valence electrons. The first-order chi connectivity index (χ1) is 16.9. The van der Waals surface area contributed by atoms with Crippen LogP contribution in [0.15, 0.2) is 76.6 Å². The molecule has 4 rings (SSSR count). The lowest BCUT2D eigenvalue weighted by Crippen LogP contribution is -2.22. The van der Waals surface area contributed by atoms with E-state index in [4.69, 9.17) is 11.6 Å². The molecule has 0 aliphatic heterocycles. The Hall–Kier alpha value is -4.42. The normalized spacial score (nSPS) is 11.0. The number of aromatic hydroxyl groups is 1. The summed E-state index contributed by atoms with van der Waals surface area (Å²) in [5.41, 5.74) is 2.12. The van der Waals surface area contributed by atoms with Crippen LogP contribution in [0, 0.1) is 11.3 Å². The number of carbonyl (C=O) groups is 1. The van der Waals surface area contributed by atoms with Gasteiger partial charge in [-0.2, -0.15) is 5.26 Å². The first kappa shape index (κ1) is 25.2. The smallest absolute Gasteiger partial charge is 0.296 e. The van der Waals surface area contributed by atoms with Crippen molar-refractivity contribution >= 4 is 23.2 Å². The van der Waals surface area contributed by atoms with Crippen molar-refractivity contribution < 1.29 is 14.4 Å². The average Bonchev–Trinajstić information content (AvgIpc) is 3.38. The zero-order chi connectivity index (χ0) is 25.4. The number of aryl methyl sites for hydroxylation is 1. The second-order valence-corrected chi connectivity index (χ2v) is 7.81. The zero-order valence-electron chi connectivity index (χ0n) is 19.0. The lowest BCUT2D eigenvalue weighted by molar-refractivity contribution is 0.101. The highest BCUT2D eigenvalue weighted by molar-refractivity contribution is 6.31. The van der Waals surface area contributed by atoms with Crippen LogP contribution in [0.5, 0.6) is 5.75 Å². The van der Waals surface area contributed by atoms with Gasteiger partial charge in [0.05, 0.1) is 24.2 Å². The lowest BCUT2D eigenvalue weighted by Gasteiger charge is -2.18. The van der Waals surface area contributed by atoms with E-state index in [1.165, 1.54) is 19.5 Å². The van der Waals surface area contributed by atoms with Crippen LogP contribution in [0.1, 0.15) is 46.4 Å². The molecular formula is C25H22ClN5O4. The largest absolute Gasteiger partial charge is 0.501 e. The van der Waals surface area contributed by atoms with Crippen molar-refractivity contribution in [3.63, 3.8) is 0 Å². The number of carbonyl (C=O) groups excluding carboxylic acids is 1. The van der Waals surface area contributed by atoms with E-state index in [1.807, 2.05) is 48.5 Å². The second-order valence-electron chi connectivity index (χ2n) is 7.41. The van der Waals surface area contributed by atoms with Crippen molar-refractivity contribution in [2.75, 3.05) is 5.32 Å². The summed E-state index contributed by atoms with van der Waals surface area (Å²) in [5, 5.41) is 25.2. The Morgan fingerprint density at radius 2 is 1.91 bits per heavy atom. The third-order valence-electron chi connectivity index (χ3n) is 5.16. The van der Waals surface area contributed by atoms with Gasteiger partial charge >= 0.3 is 0 Å². The summed E-state index contributed by atoms with van der Waals surface area (Å²) in [5.74, 6) is -1.25. The molecule has 4 aromatic rings. The molecule has 0 aliphatic carbocycles. The summed E-state index contributed by atoms with van der Waals surface area (Å²) >= 11 is 6.26. The highest BCUT2D eigenvalue weighted by atomic mass is 35.5. The summed E-state index contributed by atoms with van der Waals surface area (Å²) in [4.78, 5) is 26.7. The fourth-order valence-electron chi connectivity index (χ4n) is 3.42. The number of nitrogens with zero attached hydrogens (tertiary/aromatic N) is 4. The molecule has 1 unspecified atom stereocenters. The lowest BCUT2D eigenvalue weighted by atomic mass is 9.86. The van der Waals surface area contributed by atoms with Gasteiger partial charge in [0, 0.05) is 18.0 Å². The number of aromatic nitrogens is 3. The Morgan fingerprint density at radius 1 is 1.23 bits per heavy atom. The fraction of sp³-hybridized carbons (Fsp3) is 0.160. The van der Waals surface area contributed by atoms with Crippen molar-refractivity contribution in [3.8, 4) is 11.8 Å². The van der Waals surface area contributed by atoms with Gasteiger partial charge in [-0.15, -0.1) is 0 Å². The number of nitriles is 1. The molecule has 0 radical (unpaired) electrons. The first-order valence-electron chi connectivity index (χ1n) is 10.6. The predicted octanol–water partition coefficient (Wildman–Crippen LogP) is 4.48. The first-order valence-corrected chi connectivity index (χ1v) is 10.9. The fourth-order valence-corrected chi connectivity index (χ4v) is 3.68. The molecule has 2 heterocycles. The van der Waals surface area contributed by atoms with Gasteiger partial charge in [-0.05, 0) is 29.7 Å². The van der Waals surface area contributed by atoms with Gasteiger partial charge in [-0.25, -0.2) is 4.98 Å². The predicted molar refractivity (Wildman–Crippen MR) is 130 cm³/mol. The maximum atomic E-state index is 11.6. The monoisotopic (exact) mass is 491 g/mol. The van der Waals surface area contributed by atoms with E-state index >= 15 is 0 Å². The molecule has 9 nitrogen and oxygen atoms in total. The standard InChI is InChI=1S/C16H14ClN.C9H8N4O4/c1-2-13(15-9-5-6-10-16(15)17)14-8-4-3-7-12(14)11-18;1-13-4-10-6(7(14)9(13)16)8(15)12-5-2-11-17-3-5/h3-10,13H,2H2,1H3;2-4,14H,1H3,(H,12,15). The van der Waals surface area contributed by atoms with E-state index in [1.54, 1.807) is 0 Å². The third-order valence-corrected chi connectivity index (χ3v) is 5.50. The van der Waals surface area contributed by atoms with Crippen LogP contribution in [0.2, 0.25) is 5.02 Å². The van der Waals surface area contributed by atoms with Crippen molar-refractivity contribution in [2.24, 2.45) is 7.05 Å². The van der Waals surface area contributed by atoms with Gasteiger partial charge < -0.3 is 14.9 Å². The topological polar surface area (TPSA) is 134 Å². The molecule has 10 heteroatoms. The van der Waals surface area contributed by atoms with Crippen LogP contribution in [-0.4, -0.2) is 25.7 Å². The van der Waals surface area contributed by atoms with E-state index in [2.05, 4.69) is 33.0 Å². The van der Waals surface area contributed by atoms with Crippen molar-refractivity contribution in [1.82, 2.24) is 14.7 Å². The molecule has 0 aliphatic rings. The van der Waals surface area contributed by atoms with Crippen LogP contribution in [0.4, 0.5) is 5.69 Å². The Morgan fingerprint density at radius 3 is 2.54 bits per heavy atom. The minimum atomic E-state index is -0.719. The Bertz CT molecular complexity index is 1410. The minimum Gasteiger partial charge on any atom is -0.501 e. The molecular weight excluding hydrogens is 470 g/mol. The summed E-state index contributed by atoms with van der Waals surface area (Å²) in [6.07, 6.45) is 4.54. The van der Waals surface area contributed by atoms with Crippen molar-refractivity contribution in [2.45, 2.75) is 19.3 Å². The number of halogens is 1. The van der Waals surface area contributed by atoms with Gasteiger partial charge in [-0.1, -0.05) is 60.1 Å². The summed E-state index contributed by atoms with van der Waals surface area (Å²) in [6.45, 7) is 2.11. The van der Waals surface area contributed by atoms with E-state index in [-0.39, 0.29) is 11.6 Å². The number of nitrogens with one attached hydrogen (secondary N) is 1. The second kappa shape index (κ2) is 11.6. The van der Waals surface area contributed by atoms with Crippen LogP contribution in [-0.2, 0) is 7.05 Å². The maximum absolute atomic E-state index is 11.6. The van der Waals surface area contributed by atoms with E-state index in [0.29, 0.717) is 5.69 Å². The summed E-state index contributed by atoms with van der Waals surface area (Å²) in [6, 6.07) is 17.8. The van der Waals surface area contributed by atoms with Crippen LogP contribution in [0.25, 0.3) is 0 Å². The van der Waals surface area contributed by atoms with Gasteiger partial charge in [0.2, 0.25) is 5.75 Å². The number of anilines is 1. The molecule has 0 fully saturated rings. The molecule has 0 saturated carbocycles. The molecule has 2 aromatic carbocycles. The molecule has 2 N–H and O–H groups in total. The van der Waals surface area contributed by atoms with E-state index < -0.39 is 17.2 Å². The Labute approximate surface area is 206 Å². The zero-order valence-corrected chi connectivity index (χ0v) is 19.7. The van der Waals surface area contributed by atoms with Gasteiger partial charge in [-0.3, -0.25) is 14.2 Å². The number of hydrogen-bond acceptors (Lipinski definition) is 7. The average molecular weight is 492 g/mol. The van der Waals surface area contributed by atoms with E-state index in [9.17, 15) is 20.0 Å². The highest BCUT2D eigenvalue weighted by Gasteiger charge is 2.18. The van der Waals surface area contributed by atoms with Crippen LogP contribution >= 0.6 is 11.6 Å². The molecule has 0 bridgehead atoms. The minimum absolute atomic E-state index is 0.176. The Balaban J connectivity index is 0.000000196. The third kappa shape index (κ3) is 5.93. The molecule has 2 aromatic heterocycles. The SMILES string of the molecule is CCC(c1ccccc1Cl)c1ccccc1C#N.Cn1cnc(C(=O)Nc2cnoc2)c(O)c1=O. The Kier molecular flexibility index (Phi) is 8.38. The molecule has 35 heavy (non-hydrogen) atoms. The van der Waals surface area contributed by atoms with Crippen LogP contribution in [0.3, 0.4) is 0 Å². The highest BCUT2D eigenvalue weighted by Crippen LogP contribution is 2.34. The van der Waals surface area contributed by atoms with Crippen LogP contribution < -0.4 is 10.9 Å². The molecule has 1 amide bonds. The van der Waals surface area contributed by atoms with E-state index in [0.717, 1.165) is 39.0 Å². The van der Waals surface area contributed by atoms with Crippen molar-refractivity contribution in [3.05, 3.63) is 105 Å². The van der Waals surface area contributed by atoms with Gasteiger partial charge in [0.1, 0.15) is 12.0 Å². The number of benzene rings is 2. The number of rotatable bonds is 5. The van der Waals surface area contributed by atoms with Gasteiger partial charge in [0.15, 0.2) is 5.69 Å².